The maximum atomic E-state index is 5.64. The van der Waals surface area contributed by atoms with Gasteiger partial charge in [-0.3, -0.25) is 4.90 Å². The maximum Gasteiger partial charge on any atom is 0.127 e. The Morgan fingerprint density at radius 1 is 1.11 bits per heavy atom. The van der Waals surface area contributed by atoms with Gasteiger partial charge in [0.15, 0.2) is 0 Å². The summed E-state index contributed by atoms with van der Waals surface area (Å²) in [4.78, 5) is 7.38. The van der Waals surface area contributed by atoms with Crippen molar-refractivity contribution in [1.29, 1.82) is 0 Å². The maximum absolute atomic E-state index is 5.64. The normalized spacial score (nSPS) is 17.2. The van der Waals surface area contributed by atoms with Crippen LogP contribution < -0.4 is 9.47 Å². The molecule has 0 radical (unpaired) electrons. The Morgan fingerprint density at radius 3 is 2.74 bits per heavy atom. The first-order valence-corrected chi connectivity index (χ1v) is 10.1. The first-order valence-electron chi connectivity index (χ1n) is 9.24. The van der Waals surface area contributed by atoms with Crippen molar-refractivity contribution in [1.82, 2.24) is 9.88 Å². The van der Waals surface area contributed by atoms with Crippen LogP contribution >= 0.6 is 11.3 Å². The third kappa shape index (κ3) is 3.84. The average Bonchev–Trinajstić information content (AvgIpc) is 3.38. The molecule has 4 rings (SSSR count). The Morgan fingerprint density at radius 2 is 1.96 bits per heavy atom. The van der Waals surface area contributed by atoms with E-state index in [4.69, 9.17) is 14.5 Å². The molecule has 1 aliphatic rings. The van der Waals surface area contributed by atoms with Crippen molar-refractivity contribution < 1.29 is 9.47 Å². The summed E-state index contributed by atoms with van der Waals surface area (Å²) in [5, 5.41) is 3.27. The largest absolute Gasteiger partial charge is 0.497 e. The molecule has 2 heterocycles. The SMILES string of the molecule is COc1ccc([C@@H]2CCCN2Cc2csc(-c3ccccc3)n2)c(OC)c1. The van der Waals surface area contributed by atoms with Gasteiger partial charge in [0.1, 0.15) is 16.5 Å². The summed E-state index contributed by atoms with van der Waals surface area (Å²) in [6, 6.07) is 16.9. The third-order valence-corrected chi connectivity index (χ3v) is 6.04. The molecular formula is C22H24N2O2S. The number of methoxy groups -OCH3 is 2. The lowest BCUT2D eigenvalue weighted by atomic mass is 10.0. The van der Waals surface area contributed by atoms with Gasteiger partial charge >= 0.3 is 0 Å². The van der Waals surface area contributed by atoms with Gasteiger partial charge in [-0.05, 0) is 25.5 Å². The molecule has 1 aliphatic heterocycles. The van der Waals surface area contributed by atoms with Crippen LogP contribution in [0.3, 0.4) is 0 Å². The summed E-state index contributed by atoms with van der Waals surface area (Å²) >= 11 is 1.72. The fourth-order valence-corrected chi connectivity index (χ4v) is 4.58. The van der Waals surface area contributed by atoms with E-state index in [1.807, 2.05) is 18.2 Å². The number of thiazole rings is 1. The number of ether oxygens (including phenoxy) is 2. The van der Waals surface area contributed by atoms with Gasteiger partial charge in [0.05, 0.1) is 19.9 Å². The molecule has 2 aromatic carbocycles. The summed E-state index contributed by atoms with van der Waals surface area (Å²) in [6.45, 7) is 1.95. The van der Waals surface area contributed by atoms with Crippen LogP contribution in [0.4, 0.5) is 0 Å². The molecule has 0 aliphatic carbocycles. The minimum Gasteiger partial charge on any atom is -0.497 e. The van der Waals surface area contributed by atoms with Crippen LogP contribution in [0.5, 0.6) is 11.5 Å². The minimum atomic E-state index is 0.354. The van der Waals surface area contributed by atoms with Gasteiger partial charge < -0.3 is 9.47 Å². The second-order valence-electron chi connectivity index (χ2n) is 6.75. The second kappa shape index (κ2) is 8.11. The van der Waals surface area contributed by atoms with Crippen LogP contribution in [-0.2, 0) is 6.54 Å². The fourth-order valence-electron chi connectivity index (χ4n) is 3.76. The van der Waals surface area contributed by atoms with Gasteiger partial charge in [0.2, 0.25) is 0 Å². The summed E-state index contributed by atoms with van der Waals surface area (Å²) in [6.07, 6.45) is 2.33. The van der Waals surface area contributed by atoms with Gasteiger partial charge in [-0.25, -0.2) is 4.98 Å². The Kier molecular flexibility index (Phi) is 5.41. The molecule has 0 N–H and O–H groups in total. The van der Waals surface area contributed by atoms with Crippen LogP contribution in [0.1, 0.15) is 30.1 Å². The fraction of sp³-hybridized carbons (Fsp3) is 0.318. The van der Waals surface area contributed by atoms with Gasteiger partial charge in [0, 0.05) is 35.2 Å². The number of aromatic nitrogens is 1. The quantitative estimate of drug-likeness (QED) is 0.591. The molecule has 3 aromatic rings. The van der Waals surface area contributed by atoms with E-state index in [9.17, 15) is 0 Å². The molecule has 0 bridgehead atoms. The summed E-state index contributed by atoms with van der Waals surface area (Å²) in [7, 11) is 3.41. The van der Waals surface area contributed by atoms with E-state index in [1.165, 1.54) is 17.5 Å². The molecule has 0 unspecified atom stereocenters. The van der Waals surface area contributed by atoms with Gasteiger partial charge in [-0.2, -0.15) is 0 Å². The van der Waals surface area contributed by atoms with Crippen molar-refractivity contribution in [2.24, 2.45) is 0 Å². The van der Waals surface area contributed by atoms with E-state index in [0.717, 1.165) is 41.7 Å². The molecule has 1 saturated heterocycles. The molecule has 0 spiro atoms. The molecule has 1 atom stereocenters. The number of hydrogen-bond donors (Lipinski definition) is 0. The highest BCUT2D eigenvalue weighted by atomic mass is 32.1. The monoisotopic (exact) mass is 380 g/mol. The number of hydrogen-bond acceptors (Lipinski definition) is 5. The summed E-state index contributed by atoms with van der Waals surface area (Å²) in [5.41, 5.74) is 3.55. The molecular weight excluding hydrogens is 356 g/mol. The smallest absolute Gasteiger partial charge is 0.127 e. The lowest BCUT2D eigenvalue weighted by Crippen LogP contribution is -2.23. The topological polar surface area (TPSA) is 34.6 Å². The number of benzene rings is 2. The minimum absolute atomic E-state index is 0.354. The number of nitrogens with zero attached hydrogens (tertiary/aromatic N) is 2. The van der Waals surface area contributed by atoms with E-state index >= 15 is 0 Å². The molecule has 140 valence electrons. The highest BCUT2D eigenvalue weighted by molar-refractivity contribution is 7.13. The Bertz CT molecular complexity index is 894. The van der Waals surface area contributed by atoms with E-state index < -0.39 is 0 Å². The van der Waals surface area contributed by atoms with Crippen LogP contribution in [0.2, 0.25) is 0 Å². The van der Waals surface area contributed by atoms with Crippen LogP contribution in [0.15, 0.2) is 53.9 Å². The lowest BCUT2D eigenvalue weighted by Gasteiger charge is -2.25. The average molecular weight is 381 g/mol. The zero-order chi connectivity index (χ0) is 18.6. The first kappa shape index (κ1) is 18.0. The van der Waals surface area contributed by atoms with Crippen molar-refractivity contribution >= 4 is 11.3 Å². The van der Waals surface area contributed by atoms with E-state index in [-0.39, 0.29) is 0 Å². The van der Waals surface area contributed by atoms with Crippen molar-refractivity contribution in [3.05, 3.63) is 65.2 Å². The lowest BCUT2D eigenvalue weighted by molar-refractivity contribution is 0.240. The van der Waals surface area contributed by atoms with Crippen molar-refractivity contribution in [2.45, 2.75) is 25.4 Å². The Hall–Kier alpha value is -2.37. The van der Waals surface area contributed by atoms with Crippen LogP contribution in [0, 0.1) is 0 Å². The first-order chi connectivity index (χ1) is 13.3. The van der Waals surface area contributed by atoms with Crippen molar-refractivity contribution in [3.63, 3.8) is 0 Å². The predicted octanol–water partition coefficient (Wildman–Crippen LogP) is 5.16. The summed E-state index contributed by atoms with van der Waals surface area (Å²) < 4.78 is 11.0. The molecule has 0 amide bonds. The molecule has 27 heavy (non-hydrogen) atoms. The third-order valence-electron chi connectivity index (χ3n) is 5.10. The molecule has 5 heteroatoms. The highest BCUT2D eigenvalue weighted by Gasteiger charge is 2.29. The van der Waals surface area contributed by atoms with Crippen LogP contribution in [0.25, 0.3) is 10.6 Å². The highest BCUT2D eigenvalue weighted by Crippen LogP contribution is 2.39. The van der Waals surface area contributed by atoms with E-state index in [1.54, 1.807) is 25.6 Å². The van der Waals surface area contributed by atoms with Gasteiger partial charge in [-0.1, -0.05) is 36.4 Å². The van der Waals surface area contributed by atoms with E-state index in [0.29, 0.717) is 6.04 Å². The molecule has 0 saturated carbocycles. The van der Waals surface area contributed by atoms with Crippen molar-refractivity contribution in [2.75, 3.05) is 20.8 Å². The van der Waals surface area contributed by atoms with Crippen molar-refractivity contribution in [3.8, 4) is 22.1 Å². The predicted molar refractivity (Wildman–Crippen MR) is 109 cm³/mol. The number of rotatable bonds is 6. The number of likely N-dealkylation sites (tertiary alicyclic amines) is 1. The zero-order valence-corrected chi connectivity index (χ0v) is 16.5. The zero-order valence-electron chi connectivity index (χ0n) is 15.7. The second-order valence-corrected chi connectivity index (χ2v) is 7.60. The molecule has 1 aromatic heterocycles. The Labute approximate surface area is 164 Å². The standard InChI is InChI=1S/C22H24N2O2S/c1-25-18-10-11-19(21(13-18)26-2)20-9-6-12-24(20)14-17-15-27-22(23-17)16-7-4-3-5-8-16/h3-5,7-8,10-11,13,15,20H,6,9,12,14H2,1-2H3/t20-/m0/s1. The summed E-state index contributed by atoms with van der Waals surface area (Å²) in [5.74, 6) is 1.72. The molecule has 1 fully saturated rings. The molecule has 4 nitrogen and oxygen atoms in total. The van der Waals surface area contributed by atoms with Gasteiger partial charge in [-0.15, -0.1) is 11.3 Å². The van der Waals surface area contributed by atoms with E-state index in [2.05, 4.69) is 40.6 Å². The Balaban J connectivity index is 1.54. The van der Waals surface area contributed by atoms with Crippen LogP contribution in [-0.4, -0.2) is 30.6 Å². The van der Waals surface area contributed by atoms with Gasteiger partial charge in [0.25, 0.3) is 0 Å².